The molecule has 2 atom stereocenters. The van der Waals surface area contributed by atoms with Crippen molar-refractivity contribution >= 4 is 35.8 Å². The molecular formula is C23H34IN7O2. The number of halogens is 1. The van der Waals surface area contributed by atoms with Crippen LogP contribution in [0.5, 0.6) is 0 Å². The van der Waals surface area contributed by atoms with E-state index >= 15 is 0 Å². The van der Waals surface area contributed by atoms with Crippen LogP contribution in [0.1, 0.15) is 35.6 Å². The first-order chi connectivity index (χ1) is 15.5. The number of likely N-dealkylation sites (N-methyl/N-ethyl adjacent to an activating group) is 1. The van der Waals surface area contributed by atoms with Gasteiger partial charge in [0.2, 0.25) is 5.91 Å². The fraction of sp³-hybridized carbons (Fsp3) is 0.565. The second-order valence-electron chi connectivity index (χ2n) is 8.75. The molecule has 4 rings (SSSR count). The summed E-state index contributed by atoms with van der Waals surface area (Å²) < 4.78 is 7.11. The number of benzene rings is 1. The maximum absolute atomic E-state index is 12.2. The molecule has 1 amide bonds. The molecule has 2 unspecified atom stereocenters. The van der Waals surface area contributed by atoms with Crippen molar-refractivity contribution in [2.75, 3.05) is 27.7 Å². The van der Waals surface area contributed by atoms with E-state index in [1.165, 1.54) is 11.1 Å². The number of nitrogens with one attached hydrogen (secondary N) is 2. The van der Waals surface area contributed by atoms with Crippen LogP contribution in [0.25, 0.3) is 0 Å². The summed E-state index contributed by atoms with van der Waals surface area (Å²) in [5, 5.41) is 11.7. The number of hydrogen-bond acceptors (Lipinski definition) is 5. The number of guanidine groups is 1. The topological polar surface area (TPSA) is 96.7 Å². The second kappa shape index (κ2) is 11.8. The molecule has 33 heavy (non-hydrogen) atoms. The number of fused-ring (bicyclic) bond motifs is 2. The third kappa shape index (κ3) is 6.66. The van der Waals surface area contributed by atoms with Gasteiger partial charge in [0, 0.05) is 39.7 Å². The molecule has 0 spiro atoms. The highest BCUT2D eigenvalue weighted by Crippen LogP contribution is 2.21. The van der Waals surface area contributed by atoms with Crippen molar-refractivity contribution in [3.05, 3.63) is 47.0 Å². The Bertz CT molecular complexity index is 975. The Morgan fingerprint density at radius 2 is 1.91 bits per heavy atom. The highest BCUT2D eigenvalue weighted by Gasteiger charge is 2.24. The molecule has 2 aliphatic rings. The molecule has 2 heterocycles. The van der Waals surface area contributed by atoms with Gasteiger partial charge in [-0.05, 0) is 36.8 Å². The summed E-state index contributed by atoms with van der Waals surface area (Å²) >= 11 is 0. The molecule has 1 aromatic heterocycles. The molecule has 0 bridgehead atoms. The minimum absolute atomic E-state index is 0. The van der Waals surface area contributed by atoms with Crippen molar-refractivity contribution in [1.82, 2.24) is 30.3 Å². The third-order valence-corrected chi connectivity index (χ3v) is 6.08. The second-order valence-corrected chi connectivity index (χ2v) is 8.75. The number of amides is 1. The van der Waals surface area contributed by atoms with E-state index < -0.39 is 0 Å². The maximum Gasteiger partial charge on any atom is 0.243 e. The Morgan fingerprint density at radius 1 is 1.18 bits per heavy atom. The van der Waals surface area contributed by atoms with Gasteiger partial charge in [-0.2, -0.15) is 5.10 Å². The van der Waals surface area contributed by atoms with E-state index in [2.05, 4.69) is 50.0 Å². The molecule has 0 radical (unpaired) electrons. The highest BCUT2D eigenvalue weighted by molar-refractivity contribution is 14.0. The van der Waals surface area contributed by atoms with Crippen molar-refractivity contribution in [2.24, 2.45) is 4.99 Å². The van der Waals surface area contributed by atoms with Gasteiger partial charge in [0.25, 0.3) is 0 Å². The average molecular weight is 567 g/mol. The van der Waals surface area contributed by atoms with E-state index in [1.807, 2.05) is 4.68 Å². The summed E-state index contributed by atoms with van der Waals surface area (Å²) in [6, 6.07) is 9.06. The number of methoxy groups -OCH3 is 1. The van der Waals surface area contributed by atoms with Gasteiger partial charge < -0.3 is 20.3 Å². The number of aliphatic imine (C=N–C) groups is 1. The molecule has 10 heteroatoms. The fourth-order valence-corrected chi connectivity index (χ4v) is 4.30. The SMILES string of the molecule is COCc1nc2n(n1)CC(NC(=NCC(=O)N(C)C)NC1CCc3ccccc3C1)CC2.I. The lowest BCUT2D eigenvalue weighted by Crippen LogP contribution is -2.51. The van der Waals surface area contributed by atoms with Crippen LogP contribution >= 0.6 is 24.0 Å². The molecule has 2 N–H and O–H groups in total. The van der Waals surface area contributed by atoms with Crippen LogP contribution in [0.15, 0.2) is 29.3 Å². The quantitative estimate of drug-likeness (QED) is 0.313. The molecule has 1 aromatic carbocycles. The van der Waals surface area contributed by atoms with Crippen molar-refractivity contribution in [3.8, 4) is 0 Å². The summed E-state index contributed by atoms with van der Waals surface area (Å²) in [6.07, 6.45) is 4.82. The maximum atomic E-state index is 12.2. The number of rotatable bonds is 6. The minimum Gasteiger partial charge on any atom is -0.377 e. The molecule has 1 aliphatic carbocycles. The lowest BCUT2D eigenvalue weighted by Gasteiger charge is -2.30. The Labute approximate surface area is 212 Å². The van der Waals surface area contributed by atoms with Crippen LogP contribution in [-0.4, -0.2) is 71.4 Å². The number of aryl methyl sites for hydroxylation is 2. The van der Waals surface area contributed by atoms with Gasteiger partial charge in [-0.3, -0.25) is 4.79 Å². The summed E-state index contributed by atoms with van der Waals surface area (Å²) in [6.45, 7) is 1.24. The van der Waals surface area contributed by atoms with E-state index in [0.29, 0.717) is 24.9 Å². The molecular weight excluding hydrogens is 533 g/mol. The van der Waals surface area contributed by atoms with Gasteiger partial charge in [0.15, 0.2) is 11.8 Å². The van der Waals surface area contributed by atoms with Crippen molar-refractivity contribution in [1.29, 1.82) is 0 Å². The van der Waals surface area contributed by atoms with Crippen LogP contribution in [0.4, 0.5) is 0 Å². The van der Waals surface area contributed by atoms with Crippen LogP contribution in [0.3, 0.4) is 0 Å². The number of carbonyl (C=O) groups is 1. The highest BCUT2D eigenvalue weighted by atomic mass is 127. The van der Waals surface area contributed by atoms with E-state index in [1.54, 1.807) is 26.1 Å². The predicted octanol–water partition coefficient (Wildman–Crippen LogP) is 1.54. The first-order valence-corrected chi connectivity index (χ1v) is 11.3. The van der Waals surface area contributed by atoms with E-state index in [-0.39, 0.29) is 48.5 Å². The van der Waals surface area contributed by atoms with E-state index in [9.17, 15) is 4.79 Å². The molecule has 180 valence electrons. The van der Waals surface area contributed by atoms with E-state index in [4.69, 9.17) is 4.74 Å². The van der Waals surface area contributed by atoms with Gasteiger partial charge in [0.05, 0.1) is 6.54 Å². The van der Waals surface area contributed by atoms with Crippen molar-refractivity contribution in [2.45, 2.75) is 57.3 Å². The standard InChI is InChI=1S/C23H33N7O2.HI/c1-29(2)22(31)13-24-23(25-18-9-8-16-6-4-5-7-17(16)12-18)26-19-10-11-21-27-20(15-32-3)28-30(21)14-19;/h4-7,18-19H,8-15H2,1-3H3,(H2,24,25,26);1H. The van der Waals surface area contributed by atoms with Gasteiger partial charge in [-0.25, -0.2) is 14.7 Å². The summed E-state index contributed by atoms with van der Waals surface area (Å²) in [5.74, 6) is 2.38. The molecule has 9 nitrogen and oxygen atoms in total. The zero-order valence-electron chi connectivity index (χ0n) is 19.6. The van der Waals surface area contributed by atoms with Gasteiger partial charge >= 0.3 is 0 Å². The number of carbonyl (C=O) groups excluding carboxylic acids is 1. The van der Waals surface area contributed by atoms with Crippen LogP contribution in [0.2, 0.25) is 0 Å². The average Bonchev–Trinajstić information content (AvgIpc) is 3.19. The van der Waals surface area contributed by atoms with Crippen molar-refractivity contribution in [3.63, 3.8) is 0 Å². The summed E-state index contributed by atoms with van der Waals surface area (Å²) in [4.78, 5) is 22.9. The smallest absolute Gasteiger partial charge is 0.243 e. The molecule has 0 saturated carbocycles. The zero-order chi connectivity index (χ0) is 22.5. The third-order valence-electron chi connectivity index (χ3n) is 6.08. The Hall–Kier alpha value is -2.21. The van der Waals surface area contributed by atoms with Gasteiger partial charge in [-0.1, -0.05) is 24.3 Å². The summed E-state index contributed by atoms with van der Waals surface area (Å²) in [5.41, 5.74) is 2.81. The first-order valence-electron chi connectivity index (χ1n) is 11.3. The largest absolute Gasteiger partial charge is 0.377 e. The normalized spacial score (nSPS) is 19.7. The lowest BCUT2D eigenvalue weighted by molar-refractivity contribution is -0.127. The molecule has 1 aliphatic heterocycles. The zero-order valence-corrected chi connectivity index (χ0v) is 21.9. The Balaban J connectivity index is 0.00000306. The lowest BCUT2D eigenvalue weighted by atomic mass is 9.88. The monoisotopic (exact) mass is 567 g/mol. The summed E-state index contributed by atoms with van der Waals surface area (Å²) in [7, 11) is 5.15. The van der Waals surface area contributed by atoms with Gasteiger partial charge in [0.1, 0.15) is 19.0 Å². The predicted molar refractivity (Wildman–Crippen MR) is 138 cm³/mol. The Kier molecular flexibility index (Phi) is 9.07. The molecule has 0 saturated heterocycles. The van der Waals surface area contributed by atoms with Crippen molar-refractivity contribution < 1.29 is 9.53 Å². The number of ether oxygens (including phenoxy) is 1. The van der Waals surface area contributed by atoms with Gasteiger partial charge in [-0.15, -0.1) is 24.0 Å². The number of nitrogens with zero attached hydrogens (tertiary/aromatic N) is 5. The van der Waals surface area contributed by atoms with Crippen LogP contribution in [0, 0.1) is 0 Å². The number of aromatic nitrogens is 3. The Morgan fingerprint density at radius 3 is 2.67 bits per heavy atom. The number of hydrogen-bond donors (Lipinski definition) is 2. The molecule has 2 aromatic rings. The fourth-order valence-electron chi connectivity index (χ4n) is 4.30. The van der Waals surface area contributed by atoms with E-state index in [0.717, 1.165) is 37.9 Å². The molecule has 0 fully saturated rings. The minimum atomic E-state index is -0.0218. The first kappa shape index (κ1) is 25.4. The van der Waals surface area contributed by atoms with Crippen LogP contribution in [-0.2, 0) is 41.9 Å². The van der Waals surface area contributed by atoms with Crippen LogP contribution < -0.4 is 10.6 Å².